The number of hydrogen-bond donors (Lipinski definition) is 3. The topological polar surface area (TPSA) is 116 Å². The lowest BCUT2D eigenvalue weighted by molar-refractivity contribution is -0.129. The van der Waals surface area contributed by atoms with Crippen molar-refractivity contribution in [3.63, 3.8) is 0 Å². The van der Waals surface area contributed by atoms with Crippen LogP contribution in [0.3, 0.4) is 0 Å². The Kier molecular flexibility index (Phi) is 7.48. The third-order valence-electron chi connectivity index (χ3n) is 3.71. The van der Waals surface area contributed by atoms with Crippen LogP contribution in [-0.4, -0.2) is 42.8 Å². The molecular formula is C17H21N3O5S2. The van der Waals surface area contributed by atoms with E-state index in [1.807, 2.05) is 17.5 Å². The van der Waals surface area contributed by atoms with Gasteiger partial charge in [0, 0.05) is 37.0 Å². The highest BCUT2D eigenvalue weighted by molar-refractivity contribution is 7.89. The Hall–Kier alpha value is -2.27. The number of thiophene rings is 1. The van der Waals surface area contributed by atoms with Gasteiger partial charge >= 0.3 is 0 Å². The monoisotopic (exact) mass is 411 g/mol. The molecule has 1 aromatic carbocycles. The average molecular weight is 412 g/mol. The third-order valence-corrected chi connectivity index (χ3v) is 6.56. The number of hydrogen-bond acceptors (Lipinski definition) is 6. The van der Waals surface area contributed by atoms with Crippen LogP contribution in [0.15, 0.2) is 46.7 Å². The van der Waals surface area contributed by atoms with E-state index in [0.717, 1.165) is 4.88 Å². The largest absolute Gasteiger partial charge is 0.326 e. The summed E-state index contributed by atoms with van der Waals surface area (Å²) in [5.74, 6) is -0.912. The Morgan fingerprint density at radius 3 is 2.41 bits per heavy atom. The highest BCUT2D eigenvalue weighted by atomic mass is 32.2. The number of nitrogens with zero attached hydrogens (tertiary/aromatic N) is 1. The molecule has 2 amide bonds. The first-order valence-corrected chi connectivity index (χ1v) is 10.5. The second-order valence-corrected chi connectivity index (χ2v) is 8.69. The van der Waals surface area contributed by atoms with Crippen LogP contribution in [0, 0.1) is 0 Å². The van der Waals surface area contributed by atoms with Crippen molar-refractivity contribution in [3.8, 4) is 0 Å². The van der Waals surface area contributed by atoms with Gasteiger partial charge in [-0.3, -0.25) is 14.8 Å². The number of nitrogens with one attached hydrogen (secondary N) is 2. The number of carbonyl (C=O) groups excluding carboxylic acids is 2. The molecule has 0 saturated carbocycles. The van der Waals surface area contributed by atoms with E-state index in [1.54, 1.807) is 0 Å². The summed E-state index contributed by atoms with van der Waals surface area (Å²) in [7, 11) is -3.84. The number of anilines is 1. The Morgan fingerprint density at radius 2 is 1.85 bits per heavy atom. The predicted molar refractivity (Wildman–Crippen MR) is 102 cm³/mol. The Labute approximate surface area is 161 Å². The van der Waals surface area contributed by atoms with E-state index in [-0.39, 0.29) is 30.3 Å². The number of sulfonamides is 1. The fourth-order valence-electron chi connectivity index (χ4n) is 2.39. The van der Waals surface area contributed by atoms with Crippen LogP contribution in [0.4, 0.5) is 5.69 Å². The van der Waals surface area contributed by atoms with E-state index < -0.39 is 15.9 Å². The van der Waals surface area contributed by atoms with Crippen molar-refractivity contribution in [1.29, 1.82) is 0 Å². The molecule has 0 aliphatic carbocycles. The molecule has 2 aromatic rings. The van der Waals surface area contributed by atoms with Crippen molar-refractivity contribution in [3.05, 3.63) is 46.7 Å². The van der Waals surface area contributed by atoms with Gasteiger partial charge < -0.3 is 5.32 Å². The van der Waals surface area contributed by atoms with Crippen LogP contribution < -0.4 is 10.8 Å². The van der Waals surface area contributed by atoms with E-state index in [9.17, 15) is 18.0 Å². The summed E-state index contributed by atoms with van der Waals surface area (Å²) in [6.45, 7) is 1.51. The highest BCUT2D eigenvalue weighted by Gasteiger charge is 2.25. The lowest BCUT2D eigenvalue weighted by Crippen LogP contribution is -2.36. The molecule has 0 spiro atoms. The smallest absolute Gasteiger partial charge is 0.244 e. The van der Waals surface area contributed by atoms with Gasteiger partial charge in [-0.25, -0.2) is 13.9 Å². The maximum atomic E-state index is 13.0. The van der Waals surface area contributed by atoms with Gasteiger partial charge in [0.25, 0.3) is 0 Å². The molecule has 0 aliphatic rings. The van der Waals surface area contributed by atoms with Gasteiger partial charge in [0.1, 0.15) is 0 Å². The number of rotatable bonds is 9. The Bertz CT molecular complexity index is 864. The van der Waals surface area contributed by atoms with Gasteiger partial charge in [-0.15, -0.1) is 11.3 Å². The molecule has 1 heterocycles. The van der Waals surface area contributed by atoms with Gasteiger partial charge in [0.2, 0.25) is 21.8 Å². The second-order valence-electron chi connectivity index (χ2n) is 5.72. The van der Waals surface area contributed by atoms with Crippen molar-refractivity contribution in [2.45, 2.75) is 24.7 Å². The summed E-state index contributed by atoms with van der Waals surface area (Å²) in [5.41, 5.74) is 2.00. The molecule has 0 atom stereocenters. The summed E-state index contributed by atoms with van der Waals surface area (Å²) < 4.78 is 27.2. The van der Waals surface area contributed by atoms with Gasteiger partial charge in [-0.05, 0) is 42.1 Å². The average Bonchev–Trinajstić information content (AvgIpc) is 3.14. The van der Waals surface area contributed by atoms with Crippen molar-refractivity contribution in [2.75, 3.05) is 18.4 Å². The van der Waals surface area contributed by atoms with E-state index in [4.69, 9.17) is 5.21 Å². The van der Waals surface area contributed by atoms with E-state index in [2.05, 4.69) is 5.32 Å². The van der Waals surface area contributed by atoms with Crippen molar-refractivity contribution in [1.82, 2.24) is 9.79 Å². The molecular weight excluding hydrogens is 390 g/mol. The zero-order chi connectivity index (χ0) is 19.9. The van der Waals surface area contributed by atoms with Crippen LogP contribution in [0.1, 0.15) is 18.2 Å². The maximum Gasteiger partial charge on any atom is 0.244 e. The SMILES string of the molecule is CC(=O)Nc1ccc(S(=O)(=O)N(CCC(=O)NO)CCc2cccs2)cc1. The molecule has 0 radical (unpaired) electrons. The predicted octanol–water partition coefficient (Wildman–Crippen LogP) is 1.84. The zero-order valence-electron chi connectivity index (χ0n) is 14.7. The summed E-state index contributed by atoms with van der Waals surface area (Å²) >= 11 is 1.53. The number of benzene rings is 1. The minimum atomic E-state index is -3.84. The minimum Gasteiger partial charge on any atom is -0.326 e. The first-order chi connectivity index (χ1) is 12.8. The molecule has 8 nitrogen and oxygen atoms in total. The molecule has 0 fully saturated rings. The fourth-order valence-corrected chi connectivity index (χ4v) is 4.53. The first kappa shape index (κ1) is 21.0. The van der Waals surface area contributed by atoms with Crippen LogP contribution >= 0.6 is 11.3 Å². The number of hydroxylamine groups is 1. The molecule has 10 heteroatoms. The maximum absolute atomic E-state index is 13.0. The van der Waals surface area contributed by atoms with Crippen LogP contribution in [0.2, 0.25) is 0 Å². The number of amides is 2. The molecule has 0 saturated heterocycles. The fraction of sp³-hybridized carbons (Fsp3) is 0.294. The first-order valence-electron chi connectivity index (χ1n) is 8.16. The summed E-state index contributed by atoms with van der Waals surface area (Å²) in [6.07, 6.45) is 0.353. The van der Waals surface area contributed by atoms with Crippen LogP contribution in [0.5, 0.6) is 0 Å². The number of carbonyl (C=O) groups is 2. The minimum absolute atomic E-state index is 0.0620. The van der Waals surface area contributed by atoms with Gasteiger partial charge in [0.05, 0.1) is 4.90 Å². The summed E-state index contributed by atoms with van der Waals surface area (Å²) in [5, 5.41) is 13.1. The van der Waals surface area contributed by atoms with Gasteiger partial charge in [0.15, 0.2) is 0 Å². The standard InChI is InChI=1S/C17H21N3O5S2/c1-13(21)18-14-4-6-16(7-5-14)27(24,25)20(11-9-17(22)19-23)10-8-15-3-2-12-26-15/h2-7,12,23H,8-11H2,1H3,(H,18,21)(H,19,22). The quantitative estimate of drug-likeness (QED) is 0.430. The van der Waals surface area contributed by atoms with Gasteiger partial charge in [-0.2, -0.15) is 4.31 Å². The van der Waals surface area contributed by atoms with E-state index >= 15 is 0 Å². The second kappa shape index (κ2) is 9.60. The molecule has 27 heavy (non-hydrogen) atoms. The summed E-state index contributed by atoms with van der Waals surface area (Å²) in [4.78, 5) is 23.5. The highest BCUT2D eigenvalue weighted by Crippen LogP contribution is 2.20. The van der Waals surface area contributed by atoms with Gasteiger partial charge in [-0.1, -0.05) is 6.07 Å². The molecule has 2 rings (SSSR count). The van der Waals surface area contributed by atoms with Crippen molar-refractivity contribution >= 4 is 38.9 Å². The molecule has 1 aromatic heterocycles. The lowest BCUT2D eigenvalue weighted by atomic mass is 10.3. The zero-order valence-corrected chi connectivity index (χ0v) is 16.3. The van der Waals surface area contributed by atoms with E-state index in [0.29, 0.717) is 12.1 Å². The molecule has 0 bridgehead atoms. The van der Waals surface area contributed by atoms with Crippen LogP contribution in [-0.2, 0) is 26.0 Å². The van der Waals surface area contributed by atoms with Crippen molar-refractivity contribution < 1.29 is 23.2 Å². The Morgan fingerprint density at radius 1 is 1.15 bits per heavy atom. The molecule has 0 aliphatic heterocycles. The van der Waals surface area contributed by atoms with E-state index in [1.165, 1.54) is 52.3 Å². The molecule has 3 N–H and O–H groups in total. The normalized spacial score (nSPS) is 11.4. The summed E-state index contributed by atoms with van der Waals surface area (Å²) in [6, 6.07) is 9.63. The van der Waals surface area contributed by atoms with Crippen LogP contribution in [0.25, 0.3) is 0 Å². The lowest BCUT2D eigenvalue weighted by Gasteiger charge is -2.22. The Balaban J connectivity index is 2.19. The van der Waals surface area contributed by atoms with Crippen molar-refractivity contribution in [2.24, 2.45) is 0 Å². The third kappa shape index (κ3) is 6.14. The molecule has 146 valence electrons. The molecule has 0 unspecified atom stereocenters.